The van der Waals surface area contributed by atoms with E-state index in [0.29, 0.717) is 66.0 Å². The maximum absolute atomic E-state index is 13.5. The fraction of sp³-hybridized carbons (Fsp3) is 0.346. The molecule has 0 radical (unpaired) electrons. The normalized spacial score (nSPS) is 15.0. The molecule has 206 valence electrons. The summed E-state index contributed by atoms with van der Waals surface area (Å²) in [7, 11) is 2.75. The molecular weight excluding hydrogens is 524 g/mol. The summed E-state index contributed by atoms with van der Waals surface area (Å²) in [5.74, 6) is 1.56. The third kappa shape index (κ3) is 5.07. The van der Waals surface area contributed by atoms with E-state index in [2.05, 4.69) is 25.1 Å². The maximum Gasteiger partial charge on any atom is 0.243 e. The number of rotatable bonds is 9. The van der Waals surface area contributed by atoms with Gasteiger partial charge in [0.2, 0.25) is 10.0 Å². The smallest absolute Gasteiger partial charge is 0.243 e. The number of nitrogens with zero attached hydrogens (tertiary/aromatic N) is 4. The van der Waals surface area contributed by atoms with Crippen molar-refractivity contribution in [3.05, 3.63) is 47.7 Å². The number of methoxy groups -OCH3 is 3. The van der Waals surface area contributed by atoms with E-state index < -0.39 is 10.0 Å². The lowest BCUT2D eigenvalue weighted by atomic mass is 10.0. The molecule has 3 heterocycles. The number of piperazine rings is 1. The monoisotopic (exact) mass is 554 g/mol. The molecule has 0 atom stereocenters. The zero-order valence-corrected chi connectivity index (χ0v) is 23.0. The Bertz CT molecular complexity index is 1580. The molecule has 2 aromatic carbocycles. The Labute approximate surface area is 225 Å². The highest BCUT2D eigenvalue weighted by Gasteiger charge is 2.29. The molecule has 4 aromatic rings. The first kappa shape index (κ1) is 26.7. The number of sulfonamides is 1. The lowest BCUT2D eigenvalue weighted by molar-refractivity contribution is 0.0990. The van der Waals surface area contributed by atoms with Gasteiger partial charge in [-0.25, -0.2) is 13.4 Å². The number of aromatic nitrogens is 4. The zero-order chi connectivity index (χ0) is 27.7. The quantitative estimate of drug-likeness (QED) is 0.298. The molecule has 2 N–H and O–H groups in total. The van der Waals surface area contributed by atoms with Gasteiger partial charge in [-0.1, -0.05) is 0 Å². The number of H-pyrrole nitrogens is 2. The molecule has 0 amide bonds. The van der Waals surface area contributed by atoms with E-state index in [-0.39, 0.29) is 22.7 Å². The van der Waals surface area contributed by atoms with Gasteiger partial charge in [0, 0.05) is 50.3 Å². The second-order valence-corrected chi connectivity index (χ2v) is 11.2. The molecule has 1 fully saturated rings. The van der Waals surface area contributed by atoms with E-state index in [1.807, 2.05) is 7.05 Å². The molecule has 12 nitrogen and oxygen atoms in total. The summed E-state index contributed by atoms with van der Waals surface area (Å²) < 4.78 is 44.2. The van der Waals surface area contributed by atoms with Crippen molar-refractivity contribution >= 4 is 26.8 Å². The molecule has 5 rings (SSSR count). The van der Waals surface area contributed by atoms with Crippen molar-refractivity contribution in [2.75, 3.05) is 54.6 Å². The van der Waals surface area contributed by atoms with E-state index in [9.17, 15) is 13.2 Å². The molecule has 0 unspecified atom stereocenters. The molecule has 1 aliphatic heterocycles. The van der Waals surface area contributed by atoms with Crippen LogP contribution in [0.5, 0.6) is 17.2 Å². The van der Waals surface area contributed by atoms with Crippen molar-refractivity contribution in [1.29, 1.82) is 0 Å². The Hall–Kier alpha value is -3.94. The Morgan fingerprint density at radius 2 is 1.67 bits per heavy atom. The molecule has 0 aliphatic carbocycles. The number of carbonyl (C=O) groups excluding carboxylic acids is 1. The van der Waals surface area contributed by atoms with Crippen LogP contribution in [0.2, 0.25) is 0 Å². The number of benzene rings is 2. The van der Waals surface area contributed by atoms with E-state index in [4.69, 9.17) is 14.2 Å². The predicted molar refractivity (Wildman–Crippen MR) is 144 cm³/mol. The summed E-state index contributed by atoms with van der Waals surface area (Å²) in [4.78, 5) is 23.5. The average molecular weight is 555 g/mol. The average Bonchev–Trinajstić information content (AvgIpc) is 3.58. The highest BCUT2D eigenvalue weighted by Crippen LogP contribution is 2.33. The zero-order valence-electron chi connectivity index (χ0n) is 22.1. The summed E-state index contributed by atoms with van der Waals surface area (Å²) in [6.07, 6.45) is 1.50. The van der Waals surface area contributed by atoms with Crippen molar-refractivity contribution < 1.29 is 27.4 Å². The molecule has 0 bridgehead atoms. The number of aromatic amines is 2. The van der Waals surface area contributed by atoms with Crippen LogP contribution in [0.1, 0.15) is 15.9 Å². The van der Waals surface area contributed by atoms with Crippen molar-refractivity contribution in [2.24, 2.45) is 0 Å². The van der Waals surface area contributed by atoms with Crippen LogP contribution in [-0.4, -0.2) is 98.1 Å². The minimum absolute atomic E-state index is 0.0517. The van der Waals surface area contributed by atoms with Crippen LogP contribution < -0.4 is 14.2 Å². The number of hydrogen-bond acceptors (Lipinski definition) is 9. The fourth-order valence-corrected chi connectivity index (χ4v) is 6.07. The Morgan fingerprint density at radius 3 is 2.36 bits per heavy atom. The molecule has 0 saturated carbocycles. The summed E-state index contributed by atoms with van der Waals surface area (Å²) in [6, 6.07) is 7.93. The van der Waals surface area contributed by atoms with Crippen molar-refractivity contribution in [1.82, 2.24) is 29.4 Å². The van der Waals surface area contributed by atoms with Gasteiger partial charge in [0.25, 0.3) is 0 Å². The molecular formula is C26H30N6O6S. The van der Waals surface area contributed by atoms with Gasteiger partial charge in [0.05, 0.1) is 49.0 Å². The lowest BCUT2D eigenvalue weighted by Crippen LogP contribution is -2.47. The van der Waals surface area contributed by atoms with Crippen LogP contribution in [0.15, 0.2) is 41.4 Å². The first-order valence-electron chi connectivity index (χ1n) is 12.3. The Balaban J connectivity index is 1.44. The summed E-state index contributed by atoms with van der Waals surface area (Å²) in [5.41, 5.74) is 2.68. The number of likely N-dealkylation sites (N-methyl/N-ethyl adjacent to an activating group) is 1. The minimum atomic E-state index is -3.76. The van der Waals surface area contributed by atoms with Gasteiger partial charge in [0.15, 0.2) is 23.1 Å². The fourth-order valence-electron chi connectivity index (χ4n) is 4.62. The van der Waals surface area contributed by atoms with Crippen LogP contribution >= 0.6 is 0 Å². The first-order valence-corrected chi connectivity index (χ1v) is 13.7. The number of imidazole rings is 1. The Morgan fingerprint density at radius 1 is 0.974 bits per heavy atom. The van der Waals surface area contributed by atoms with E-state index in [1.54, 1.807) is 32.5 Å². The lowest BCUT2D eigenvalue weighted by Gasteiger charge is -2.31. The molecule has 1 saturated heterocycles. The second kappa shape index (κ2) is 10.7. The molecule has 2 aromatic heterocycles. The second-order valence-electron chi connectivity index (χ2n) is 9.25. The number of Topliss-reactive ketones (excluding diaryl/α,β-unsaturated/α-hetero) is 1. The summed E-state index contributed by atoms with van der Waals surface area (Å²) in [6.45, 7) is 2.07. The van der Waals surface area contributed by atoms with Crippen molar-refractivity contribution in [2.45, 2.75) is 11.3 Å². The van der Waals surface area contributed by atoms with Crippen molar-refractivity contribution in [3.63, 3.8) is 0 Å². The topological polar surface area (TPSA) is 143 Å². The van der Waals surface area contributed by atoms with Crippen LogP contribution in [0.3, 0.4) is 0 Å². The van der Waals surface area contributed by atoms with Gasteiger partial charge >= 0.3 is 0 Å². The highest BCUT2D eigenvalue weighted by molar-refractivity contribution is 7.89. The maximum atomic E-state index is 13.5. The van der Waals surface area contributed by atoms with Gasteiger partial charge in [-0.15, -0.1) is 0 Å². The number of ketones is 1. The predicted octanol–water partition coefficient (Wildman–Crippen LogP) is 2.34. The third-order valence-electron chi connectivity index (χ3n) is 6.86. The summed E-state index contributed by atoms with van der Waals surface area (Å²) >= 11 is 0. The SMILES string of the molecule is COc1cc2nc(-c3[nH]ncc3CC(=O)c3cc(S(=O)(=O)N4CCN(C)CC4)ccc3OC)[nH]c2cc1OC. The summed E-state index contributed by atoms with van der Waals surface area (Å²) in [5, 5.41) is 7.04. The van der Waals surface area contributed by atoms with E-state index >= 15 is 0 Å². The number of hydrogen-bond donors (Lipinski definition) is 2. The first-order chi connectivity index (χ1) is 18.7. The highest BCUT2D eigenvalue weighted by atomic mass is 32.2. The number of nitrogens with one attached hydrogen (secondary N) is 2. The van der Waals surface area contributed by atoms with Crippen molar-refractivity contribution in [3.8, 4) is 28.8 Å². The number of ether oxygens (including phenoxy) is 3. The van der Waals surface area contributed by atoms with Crippen LogP contribution in [-0.2, 0) is 16.4 Å². The number of fused-ring (bicyclic) bond motifs is 1. The molecule has 13 heteroatoms. The standard InChI is InChI=1S/C26H30N6O6S/c1-31-7-9-32(10-8-31)39(34,35)17-5-6-22(36-2)18(12-17)21(33)11-16-15-27-30-25(16)26-28-19-13-23(37-3)24(38-4)14-20(19)29-26/h5-6,12-15H,7-11H2,1-4H3,(H,27,30)(H,28,29). The van der Waals surface area contributed by atoms with Gasteiger partial charge in [0.1, 0.15) is 11.4 Å². The van der Waals surface area contributed by atoms with Gasteiger partial charge in [-0.05, 0) is 25.2 Å². The minimum Gasteiger partial charge on any atom is -0.496 e. The van der Waals surface area contributed by atoms with E-state index in [1.165, 1.54) is 29.6 Å². The van der Waals surface area contributed by atoms with Crippen LogP contribution in [0, 0.1) is 0 Å². The number of carbonyl (C=O) groups is 1. The Kier molecular flexibility index (Phi) is 7.30. The van der Waals surface area contributed by atoms with Gasteiger partial charge < -0.3 is 24.1 Å². The van der Waals surface area contributed by atoms with Gasteiger partial charge in [-0.3, -0.25) is 9.89 Å². The molecule has 1 aliphatic rings. The van der Waals surface area contributed by atoms with Crippen LogP contribution in [0.4, 0.5) is 0 Å². The largest absolute Gasteiger partial charge is 0.496 e. The van der Waals surface area contributed by atoms with Gasteiger partial charge in [-0.2, -0.15) is 9.40 Å². The molecule has 39 heavy (non-hydrogen) atoms. The third-order valence-corrected chi connectivity index (χ3v) is 8.76. The van der Waals surface area contributed by atoms with Crippen LogP contribution in [0.25, 0.3) is 22.6 Å². The molecule has 0 spiro atoms. The van der Waals surface area contributed by atoms with E-state index in [0.717, 1.165) is 5.52 Å².